The van der Waals surface area contributed by atoms with Gasteiger partial charge in [0.05, 0.1) is 15.6 Å². The Balaban J connectivity index is 1.41. The van der Waals surface area contributed by atoms with Gasteiger partial charge in [0.15, 0.2) is 0 Å². The van der Waals surface area contributed by atoms with Gasteiger partial charge < -0.3 is 4.90 Å². The van der Waals surface area contributed by atoms with Crippen LogP contribution in [0.5, 0.6) is 0 Å². The summed E-state index contributed by atoms with van der Waals surface area (Å²) in [6.45, 7) is 3.59. The molecule has 2 aromatic carbocycles. The van der Waals surface area contributed by atoms with Crippen molar-refractivity contribution in [1.29, 1.82) is 0 Å². The molecule has 0 spiro atoms. The highest BCUT2D eigenvalue weighted by Crippen LogP contribution is 2.31. The Morgan fingerprint density at radius 1 is 1.00 bits per heavy atom. The van der Waals surface area contributed by atoms with Gasteiger partial charge in [-0.15, -0.1) is 0 Å². The number of carbonyl (C=O) groups excluding carboxylic acids is 1. The van der Waals surface area contributed by atoms with Gasteiger partial charge in [0.2, 0.25) is 10.0 Å². The zero-order valence-corrected chi connectivity index (χ0v) is 19.4. The van der Waals surface area contributed by atoms with E-state index in [0.29, 0.717) is 13.1 Å². The van der Waals surface area contributed by atoms with Crippen LogP contribution in [-0.2, 0) is 16.4 Å². The first kappa shape index (κ1) is 22.6. The molecule has 0 aromatic heterocycles. The lowest BCUT2D eigenvalue weighted by Gasteiger charge is -2.35. The number of halogens is 2. The van der Waals surface area contributed by atoms with Crippen LogP contribution < -0.4 is 4.72 Å². The summed E-state index contributed by atoms with van der Waals surface area (Å²) < 4.78 is 27.9. The molecule has 9 heteroatoms. The molecule has 6 nitrogen and oxygen atoms in total. The van der Waals surface area contributed by atoms with Crippen LogP contribution in [0.4, 0.5) is 0 Å². The lowest BCUT2D eigenvalue weighted by molar-refractivity contribution is 0.0638. The number of rotatable bonds is 7. The highest BCUT2D eigenvalue weighted by atomic mass is 35.5. The standard InChI is InChI=1S/C22H25Cl2N3O3S/c23-19-15-20(24)21(31(29,30)25-17-6-7-17)14-18(19)22(28)27-12-10-26(11-13-27)9-8-16-4-2-1-3-5-16/h1-5,14-15,17,25H,6-13H2. The van der Waals surface area contributed by atoms with Crippen molar-refractivity contribution in [2.75, 3.05) is 32.7 Å². The van der Waals surface area contributed by atoms with E-state index in [-0.39, 0.29) is 32.5 Å². The van der Waals surface area contributed by atoms with Crippen molar-refractivity contribution in [3.63, 3.8) is 0 Å². The molecule has 1 saturated carbocycles. The maximum absolute atomic E-state index is 13.1. The molecule has 1 aliphatic heterocycles. The number of nitrogens with one attached hydrogen (secondary N) is 1. The highest BCUT2D eigenvalue weighted by Gasteiger charge is 2.31. The molecule has 166 valence electrons. The average Bonchev–Trinajstić information content (AvgIpc) is 3.56. The number of amides is 1. The van der Waals surface area contributed by atoms with Gasteiger partial charge in [-0.05, 0) is 37.0 Å². The summed E-state index contributed by atoms with van der Waals surface area (Å²) in [5.41, 5.74) is 1.46. The second-order valence-electron chi connectivity index (χ2n) is 8.03. The van der Waals surface area contributed by atoms with E-state index in [0.717, 1.165) is 38.9 Å². The van der Waals surface area contributed by atoms with E-state index in [2.05, 4.69) is 21.8 Å². The van der Waals surface area contributed by atoms with Crippen LogP contribution in [0.2, 0.25) is 10.0 Å². The Labute approximate surface area is 193 Å². The minimum absolute atomic E-state index is 0.0143. The predicted molar refractivity (Wildman–Crippen MR) is 122 cm³/mol. The Morgan fingerprint density at radius 2 is 1.68 bits per heavy atom. The smallest absolute Gasteiger partial charge is 0.255 e. The van der Waals surface area contributed by atoms with Gasteiger partial charge in [0.1, 0.15) is 4.90 Å². The van der Waals surface area contributed by atoms with Crippen molar-refractivity contribution >= 4 is 39.1 Å². The lowest BCUT2D eigenvalue weighted by Crippen LogP contribution is -2.49. The second-order valence-corrected chi connectivity index (χ2v) is 10.5. The van der Waals surface area contributed by atoms with Crippen LogP contribution >= 0.6 is 23.2 Å². The molecule has 31 heavy (non-hydrogen) atoms. The van der Waals surface area contributed by atoms with Crippen molar-refractivity contribution in [3.05, 3.63) is 63.6 Å². The van der Waals surface area contributed by atoms with Gasteiger partial charge in [-0.2, -0.15) is 0 Å². The van der Waals surface area contributed by atoms with E-state index >= 15 is 0 Å². The molecule has 0 bridgehead atoms. The van der Waals surface area contributed by atoms with Gasteiger partial charge in [0, 0.05) is 38.8 Å². The molecule has 2 aliphatic rings. The minimum atomic E-state index is -3.79. The van der Waals surface area contributed by atoms with Gasteiger partial charge in [0.25, 0.3) is 5.91 Å². The SMILES string of the molecule is O=C(c1cc(S(=O)(=O)NC2CC2)c(Cl)cc1Cl)N1CCN(CCc2ccccc2)CC1. The maximum atomic E-state index is 13.1. The minimum Gasteiger partial charge on any atom is -0.336 e. The summed E-state index contributed by atoms with van der Waals surface area (Å²) >= 11 is 12.4. The van der Waals surface area contributed by atoms with Crippen molar-refractivity contribution in [3.8, 4) is 0 Å². The van der Waals surface area contributed by atoms with Crippen molar-refractivity contribution < 1.29 is 13.2 Å². The summed E-state index contributed by atoms with van der Waals surface area (Å²) in [4.78, 5) is 17.0. The fourth-order valence-electron chi connectivity index (χ4n) is 3.66. The van der Waals surface area contributed by atoms with E-state index in [4.69, 9.17) is 23.2 Å². The molecule has 1 N–H and O–H groups in total. The van der Waals surface area contributed by atoms with Crippen molar-refractivity contribution in [2.24, 2.45) is 0 Å². The molecule has 1 amide bonds. The molecule has 0 unspecified atom stereocenters. The lowest BCUT2D eigenvalue weighted by atomic mass is 10.1. The summed E-state index contributed by atoms with van der Waals surface area (Å²) in [6.07, 6.45) is 2.59. The maximum Gasteiger partial charge on any atom is 0.255 e. The van der Waals surface area contributed by atoms with E-state index in [9.17, 15) is 13.2 Å². The van der Waals surface area contributed by atoms with E-state index in [1.807, 2.05) is 18.2 Å². The summed E-state index contributed by atoms with van der Waals surface area (Å²) in [5, 5.41) is 0.173. The van der Waals surface area contributed by atoms with E-state index in [1.165, 1.54) is 17.7 Å². The third kappa shape index (κ3) is 5.59. The first-order valence-corrected chi connectivity index (χ1v) is 12.6. The fraction of sp³-hybridized carbons (Fsp3) is 0.409. The van der Waals surface area contributed by atoms with Gasteiger partial charge >= 0.3 is 0 Å². The zero-order chi connectivity index (χ0) is 22.0. The van der Waals surface area contributed by atoms with Gasteiger partial charge in [-0.3, -0.25) is 9.69 Å². The Bertz CT molecular complexity index is 1050. The molecule has 1 heterocycles. The van der Waals surface area contributed by atoms with Crippen LogP contribution in [0.3, 0.4) is 0 Å². The third-order valence-electron chi connectivity index (χ3n) is 5.66. The van der Waals surface area contributed by atoms with E-state index < -0.39 is 10.0 Å². The summed E-state index contributed by atoms with van der Waals surface area (Å²) in [7, 11) is -3.79. The number of hydrogen-bond donors (Lipinski definition) is 1. The highest BCUT2D eigenvalue weighted by molar-refractivity contribution is 7.89. The molecular formula is C22H25Cl2N3O3S. The largest absolute Gasteiger partial charge is 0.336 e. The van der Waals surface area contributed by atoms with Crippen molar-refractivity contribution in [2.45, 2.75) is 30.2 Å². The molecule has 2 aromatic rings. The number of carbonyl (C=O) groups is 1. The first-order valence-electron chi connectivity index (χ1n) is 10.4. The molecule has 0 radical (unpaired) electrons. The van der Waals surface area contributed by atoms with Crippen LogP contribution in [-0.4, -0.2) is 62.9 Å². The number of sulfonamides is 1. The summed E-state index contributed by atoms with van der Waals surface area (Å²) in [5.74, 6) is -0.271. The third-order valence-corrected chi connectivity index (χ3v) is 7.96. The topological polar surface area (TPSA) is 69.7 Å². The second kappa shape index (κ2) is 9.46. The molecule has 0 atom stereocenters. The van der Waals surface area contributed by atoms with Crippen LogP contribution in [0.25, 0.3) is 0 Å². The Morgan fingerprint density at radius 3 is 2.32 bits per heavy atom. The zero-order valence-electron chi connectivity index (χ0n) is 17.1. The monoisotopic (exact) mass is 481 g/mol. The Hall–Kier alpha value is -1.64. The predicted octanol–water partition coefficient (Wildman–Crippen LogP) is 3.43. The number of benzene rings is 2. The fourth-order valence-corrected chi connectivity index (χ4v) is 5.82. The molecule has 4 rings (SSSR count). The number of nitrogens with zero attached hydrogens (tertiary/aromatic N) is 2. The van der Waals surface area contributed by atoms with Gasteiger partial charge in [-0.25, -0.2) is 13.1 Å². The van der Waals surface area contributed by atoms with Gasteiger partial charge in [-0.1, -0.05) is 53.5 Å². The van der Waals surface area contributed by atoms with E-state index in [1.54, 1.807) is 4.90 Å². The summed E-state index contributed by atoms with van der Waals surface area (Å²) in [6, 6.07) is 12.9. The number of hydrogen-bond acceptors (Lipinski definition) is 4. The molecular weight excluding hydrogens is 457 g/mol. The molecule has 2 fully saturated rings. The Kier molecular flexibility index (Phi) is 6.89. The quantitative estimate of drug-likeness (QED) is 0.657. The van der Waals surface area contributed by atoms with Crippen LogP contribution in [0.1, 0.15) is 28.8 Å². The number of piperazine rings is 1. The average molecular weight is 482 g/mol. The first-order chi connectivity index (χ1) is 14.8. The normalized spacial score (nSPS) is 17.7. The van der Waals surface area contributed by atoms with Crippen LogP contribution in [0, 0.1) is 0 Å². The van der Waals surface area contributed by atoms with Crippen molar-refractivity contribution in [1.82, 2.24) is 14.5 Å². The molecule has 1 aliphatic carbocycles. The molecule has 1 saturated heterocycles. The van der Waals surface area contributed by atoms with Crippen LogP contribution in [0.15, 0.2) is 47.4 Å².